The highest BCUT2D eigenvalue weighted by Gasteiger charge is 2.06. The highest BCUT2D eigenvalue weighted by atomic mass is 16.5. The first-order chi connectivity index (χ1) is 9.10. The van der Waals surface area contributed by atoms with Gasteiger partial charge in [0.2, 0.25) is 0 Å². The third-order valence-electron chi connectivity index (χ3n) is 3.36. The molecule has 0 heterocycles. The molecule has 1 N–H and O–H groups in total. The summed E-state index contributed by atoms with van der Waals surface area (Å²) in [7, 11) is 1.96. The van der Waals surface area contributed by atoms with Crippen molar-refractivity contribution in [2.75, 3.05) is 7.05 Å². The van der Waals surface area contributed by atoms with E-state index in [1.54, 1.807) is 0 Å². The Morgan fingerprint density at radius 1 is 1.05 bits per heavy atom. The minimum absolute atomic E-state index is 0.321. The predicted octanol–water partition coefficient (Wildman–Crippen LogP) is 4.38. The molecule has 0 saturated carbocycles. The van der Waals surface area contributed by atoms with Gasteiger partial charge in [0.15, 0.2) is 0 Å². The van der Waals surface area contributed by atoms with Crippen molar-refractivity contribution in [1.82, 2.24) is 5.32 Å². The van der Waals surface area contributed by atoms with E-state index < -0.39 is 0 Å². The van der Waals surface area contributed by atoms with Crippen LogP contribution < -0.4 is 10.1 Å². The van der Waals surface area contributed by atoms with Crippen LogP contribution in [0.1, 0.15) is 29.7 Å². The van der Waals surface area contributed by atoms with E-state index in [4.69, 9.17) is 4.74 Å². The number of hydrogen-bond acceptors (Lipinski definition) is 2. The predicted molar refractivity (Wildman–Crippen MR) is 79.9 cm³/mol. The molecular weight excluding hydrogens is 234 g/mol. The van der Waals surface area contributed by atoms with Gasteiger partial charge in [-0.15, -0.1) is 0 Å². The van der Waals surface area contributed by atoms with Crippen LogP contribution in [0.3, 0.4) is 0 Å². The smallest absolute Gasteiger partial charge is 0.130 e. The van der Waals surface area contributed by atoms with Crippen molar-refractivity contribution in [1.29, 1.82) is 0 Å². The quantitative estimate of drug-likeness (QED) is 0.875. The summed E-state index contributed by atoms with van der Waals surface area (Å²) in [6.07, 6.45) is 0. The third-order valence-corrected chi connectivity index (χ3v) is 3.36. The largest absolute Gasteiger partial charge is 0.457 e. The number of ether oxygens (including phenoxy) is 1. The molecule has 0 fully saturated rings. The van der Waals surface area contributed by atoms with E-state index in [0.29, 0.717) is 6.04 Å². The molecule has 1 atom stereocenters. The summed E-state index contributed by atoms with van der Waals surface area (Å²) in [6.45, 7) is 6.28. The van der Waals surface area contributed by atoms with Gasteiger partial charge in [-0.1, -0.05) is 24.3 Å². The zero-order chi connectivity index (χ0) is 13.8. The minimum atomic E-state index is 0.321. The number of nitrogens with one attached hydrogen (secondary N) is 1. The molecule has 19 heavy (non-hydrogen) atoms. The maximum atomic E-state index is 6.00. The van der Waals surface area contributed by atoms with E-state index in [0.717, 1.165) is 17.1 Å². The fraction of sp³-hybridized carbons (Fsp3) is 0.294. The molecule has 0 saturated heterocycles. The number of benzene rings is 2. The van der Waals surface area contributed by atoms with Crippen molar-refractivity contribution in [3.05, 3.63) is 59.2 Å². The SMILES string of the molecule is CNC(C)c1cccc(Oc2cc(C)ccc2C)c1. The second-order valence-corrected chi connectivity index (χ2v) is 4.95. The molecule has 0 aliphatic rings. The summed E-state index contributed by atoms with van der Waals surface area (Å²) in [5, 5.41) is 3.24. The molecule has 0 aliphatic heterocycles. The Labute approximate surface area is 115 Å². The average molecular weight is 255 g/mol. The van der Waals surface area contributed by atoms with Gasteiger partial charge in [0.05, 0.1) is 0 Å². The molecule has 0 radical (unpaired) electrons. The molecule has 0 bridgehead atoms. The fourth-order valence-corrected chi connectivity index (χ4v) is 1.96. The Morgan fingerprint density at radius 3 is 2.58 bits per heavy atom. The summed E-state index contributed by atoms with van der Waals surface area (Å²) in [5.74, 6) is 1.81. The van der Waals surface area contributed by atoms with Crippen LogP contribution in [0.4, 0.5) is 0 Å². The monoisotopic (exact) mass is 255 g/mol. The maximum absolute atomic E-state index is 6.00. The van der Waals surface area contributed by atoms with Crippen LogP contribution >= 0.6 is 0 Å². The summed E-state index contributed by atoms with van der Waals surface area (Å²) in [5.41, 5.74) is 3.59. The normalized spacial score (nSPS) is 12.2. The van der Waals surface area contributed by atoms with Gasteiger partial charge >= 0.3 is 0 Å². The zero-order valence-electron chi connectivity index (χ0n) is 12.0. The van der Waals surface area contributed by atoms with Gasteiger partial charge in [-0.3, -0.25) is 0 Å². The minimum Gasteiger partial charge on any atom is -0.457 e. The topological polar surface area (TPSA) is 21.3 Å². The first-order valence-electron chi connectivity index (χ1n) is 6.62. The summed E-state index contributed by atoms with van der Waals surface area (Å²) in [6, 6.07) is 14.8. The standard InChI is InChI=1S/C17H21NO/c1-12-8-9-13(2)17(10-12)19-16-7-5-6-15(11-16)14(3)18-4/h5-11,14,18H,1-4H3. The molecule has 2 rings (SSSR count). The fourth-order valence-electron chi connectivity index (χ4n) is 1.96. The summed E-state index contributed by atoms with van der Waals surface area (Å²) >= 11 is 0. The zero-order valence-corrected chi connectivity index (χ0v) is 12.0. The van der Waals surface area contributed by atoms with Crippen LogP contribution in [0.15, 0.2) is 42.5 Å². The average Bonchev–Trinajstić information content (AvgIpc) is 2.42. The highest BCUT2D eigenvalue weighted by Crippen LogP contribution is 2.27. The summed E-state index contributed by atoms with van der Waals surface area (Å²) < 4.78 is 6.00. The van der Waals surface area contributed by atoms with Crippen LogP contribution in [0.5, 0.6) is 11.5 Å². The van der Waals surface area contributed by atoms with Crippen molar-refractivity contribution in [3.8, 4) is 11.5 Å². The molecule has 2 nitrogen and oxygen atoms in total. The first kappa shape index (κ1) is 13.6. The van der Waals surface area contributed by atoms with E-state index in [1.807, 2.05) is 19.2 Å². The van der Waals surface area contributed by atoms with Gasteiger partial charge in [0, 0.05) is 6.04 Å². The van der Waals surface area contributed by atoms with Crippen molar-refractivity contribution in [2.45, 2.75) is 26.8 Å². The van der Waals surface area contributed by atoms with Gasteiger partial charge in [-0.05, 0) is 62.7 Å². The van der Waals surface area contributed by atoms with Gasteiger partial charge < -0.3 is 10.1 Å². The van der Waals surface area contributed by atoms with Crippen molar-refractivity contribution in [3.63, 3.8) is 0 Å². The van der Waals surface area contributed by atoms with E-state index in [1.165, 1.54) is 11.1 Å². The number of aryl methyl sites for hydroxylation is 2. The first-order valence-corrected chi connectivity index (χ1v) is 6.62. The third kappa shape index (κ3) is 3.36. The second-order valence-electron chi connectivity index (χ2n) is 4.95. The van der Waals surface area contributed by atoms with Crippen LogP contribution in [0.2, 0.25) is 0 Å². The molecule has 0 spiro atoms. The van der Waals surface area contributed by atoms with Gasteiger partial charge in [-0.2, -0.15) is 0 Å². The molecule has 0 aliphatic carbocycles. The molecule has 2 aromatic carbocycles. The number of hydrogen-bond donors (Lipinski definition) is 1. The lowest BCUT2D eigenvalue weighted by Crippen LogP contribution is -2.12. The Hall–Kier alpha value is -1.80. The Morgan fingerprint density at radius 2 is 1.84 bits per heavy atom. The van der Waals surface area contributed by atoms with Gasteiger partial charge in [0.25, 0.3) is 0 Å². The molecule has 2 heteroatoms. The van der Waals surface area contributed by atoms with Crippen LogP contribution in [-0.2, 0) is 0 Å². The van der Waals surface area contributed by atoms with E-state index in [2.05, 4.69) is 56.4 Å². The van der Waals surface area contributed by atoms with Crippen LogP contribution in [0.25, 0.3) is 0 Å². The Kier molecular flexibility index (Phi) is 4.23. The second kappa shape index (κ2) is 5.89. The lowest BCUT2D eigenvalue weighted by atomic mass is 10.1. The maximum Gasteiger partial charge on any atom is 0.130 e. The highest BCUT2D eigenvalue weighted by molar-refractivity contribution is 5.40. The van der Waals surface area contributed by atoms with Gasteiger partial charge in [0.1, 0.15) is 11.5 Å². The van der Waals surface area contributed by atoms with Crippen LogP contribution in [-0.4, -0.2) is 7.05 Å². The number of rotatable bonds is 4. The lowest BCUT2D eigenvalue weighted by Gasteiger charge is -2.14. The molecule has 1 unspecified atom stereocenters. The lowest BCUT2D eigenvalue weighted by molar-refractivity contribution is 0.476. The van der Waals surface area contributed by atoms with Gasteiger partial charge in [-0.25, -0.2) is 0 Å². The molecule has 2 aromatic rings. The van der Waals surface area contributed by atoms with Crippen molar-refractivity contribution in [2.24, 2.45) is 0 Å². The molecular formula is C17H21NO. The van der Waals surface area contributed by atoms with E-state index in [-0.39, 0.29) is 0 Å². The Bertz CT molecular complexity index is 563. The molecule has 100 valence electrons. The van der Waals surface area contributed by atoms with Crippen LogP contribution in [0, 0.1) is 13.8 Å². The van der Waals surface area contributed by atoms with E-state index in [9.17, 15) is 0 Å². The molecule has 0 amide bonds. The Balaban J connectivity index is 2.26. The van der Waals surface area contributed by atoms with Crippen molar-refractivity contribution < 1.29 is 4.74 Å². The molecule has 0 aromatic heterocycles. The van der Waals surface area contributed by atoms with Crippen molar-refractivity contribution >= 4 is 0 Å². The van der Waals surface area contributed by atoms with E-state index >= 15 is 0 Å². The summed E-state index contributed by atoms with van der Waals surface area (Å²) in [4.78, 5) is 0.